The van der Waals surface area contributed by atoms with Gasteiger partial charge in [-0.15, -0.1) is 0 Å². The quantitative estimate of drug-likeness (QED) is 0.906. The van der Waals surface area contributed by atoms with Crippen molar-refractivity contribution in [3.63, 3.8) is 0 Å². The Labute approximate surface area is 112 Å². The minimum atomic E-state index is 0.505. The van der Waals surface area contributed by atoms with Crippen LogP contribution in [0.4, 0.5) is 0 Å². The first-order chi connectivity index (χ1) is 8.25. The highest BCUT2D eigenvalue weighted by Crippen LogP contribution is 2.17. The summed E-state index contributed by atoms with van der Waals surface area (Å²) in [5, 5.41) is 3.51. The lowest BCUT2D eigenvalue weighted by atomic mass is 10.1. The van der Waals surface area contributed by atoms with Gasteiger partial charge in [-0.1, -0.05) is 6.42 Å². The molecular formula is C13H21BrN2O. The third-order valence-electron chi connectivity index (χ3n) is 3.28. The Morgan fingerprint density at radius 1 is 1.41 bits per heavy atom. The Hall–Kier alpha value is -0.320. The van der Waals surface area contributed by atoms with Crippen molar-refractivity contribution in [2.75, 3.05) is 19.6 Å². The Balaban J connectivity index is 1.70. The molecule has 1 aromatic heterocycles. The highest BCUT2D eigenvalue weighted by molar-refractivity contribution is 9.10. The second kappa shape index (κ2) is 6.57. The largest absolute Gasteiger partial charge is 0.467 e. The summed E-state index contributed by atoms with van der Waals surface area (Å²) in [4.78, 5) is 2.55. The van der Waals surface area contributed by atoms with Gasteiger partial charge < -0.3 is 14.6 Å². The van der Waals surface area contributed by atoms with E-state index in [-0.39, 0.29) is 0 Å². The number of rotatable bonds is 5. The Morgan fingerprint density at radius 3 is 2.82 bits per heavy atom. The maximum Gasteiger partial charge on any atom is 0.131 e. The SMILES string of the molecule is CC(CN1CCCCC1)NCc1occc1Br. The molecule has 96 valence electrons. The maximum atomic E-state index is 5.38. The van der Waals surface area contributed by atoms with E-state index in [0.29, 0.717) is 6.04 Å². The topological polar surface area (TPSA) is 28.4 Å². The van der Waals surface area contributed by atoms with E-state index in [2.05, 4.69) is 33.1 Å². The lowest BCUT2D eigenvalue weighted by Crippen LogP contribution is -2.41. The molecule has 1 unspecified atom stereocenters. The van der Waals surface area contributed by atoms with Crippen molar-refractivity contribution in [3.05, 3.63) is 22.6 Å². The molecule has 1 saturated heterocycles. The fraction of sp³-hybridized carbons (Fsp3) is 0.692. The first-order valence-electron chi connectivity index (χ1n) is 6.43. The van der Waals surface area contributed by atoms with Gasteiger partial charge in [0.1, 0.15) is 5.76 Å². The second-order valence-electron chi connectivity index (χ2n) is 4.83. The summed E-state index contributed by atoms with van der Waals surface area (Å²) in [7, 11) is 0. The molecule has 2 rings (SSSR count). The molecule has 0 aliphatic carbocycles. The molecule has 1 atom stereocenters. The van der Waals surface area contributed by atoms with Crippen LogP contribution < -0.4 is 5.32 Å². The first kappa shape index (κ1) is 13.1. The molecule has 0 amide bonds. The number of halogens is 1. The van der Waals surface area contributed by atoms with Crippen molar-refractivity contribution < 1.29 is 4.42 Å². The molecule has 0 spiro atoms. The van der Waals surface area contributed by atoms with Crippen LogP contribution >= 0.6 is 15.9 Å². The van der Waals surface area contributed by atoms with Crippen molar-refractivity contribution in [1.29, 1.82) is 0 Å². The third-order valence-corrected chi connectivity index (χ3v) is 3.99. The molecule has 1 aliphatic heterocycles. The number of piperidine rings is 1. The van der Waals surface area contributed by atoms with E-state index in [1.54, 1.807) is 6.26 Å². The van der Waals surface area contributed by atoms with Gasteiger partial charge >= 0.3 is 0 Å². The van der Waals surface area contributed by atoms with Crippen molar-refractivity contribution >= 4 is 15.9 Å². The number of hydrogen-bond donors (Lipinski definition) is 1. The van der Waals surface area contributed by atoms with Crippen LogP contribution in [0.2, 0.25) is 0 Å². The summed E-state index contributed by atoms with van der Waals surface area (Å²) >= 11 is 3.47. The van der Waals surface area contributed by atoms with Crippen LogP contribution in [0, 0.1) is 0 Å². The minimum Gasteiger partial charge on any atom is -0.467 e. The number of likely N-dealkylation sites (tertiary alicyclic amines) is 1. The van der Waals surface area contributed by atoms with E-state index in [0.717, 1.165) is 23.3 Å². The van der Waals surface area contributed by atoms with Crippen LogP contribution in [0.25, 0.3) is 0 Å². The van der Waals surface area contributed by atoms with Crippen LogP contribution in [0.3, 0.4) is 0 Å². The zero-order valence-electron chi connectivity index (χ0n) is 10.4. The van der Waals surface area contributed by atoms with Crippen LogP contribution in [-0.4, -0.2) is 30.6 Å². The van der Waals surface area contributed by atoms with Gasteiger partial charge in [-0.2, -0.15) is 0 Å². The maximum absolute atomic E-state index is 5.38. The first-order valence-corrected chi connectivity index (χ1v) is 7.22. The molecule has 0 aromatic carbocycles. The highest BCUT2D eigenvalue weighted by Gasteiger charge is 2.13. The van der Waals surface area contributed by atoms with E-state index in [4.69, 9.17) is 4.42 Å². The van der Waals surface area contributed by atoms with Crippen molar-refractivity contribution in [3.8, 4) is 0 Å². The van der Waals surface area contributed by atoms with Gasteiger partial charge in [0.15, 0.2) is 0 Å². The van der Waals surface area contributed by atoms with Gasteiger partial charge in [-0.05, 0) is 54.9 Å². The van der Waals surface area contributed by atoms with Crippen molar-refractivity contribution in [2.45, 2.75) is 38.8 Å². The average molecular weight is 301 g/mol. The monoisotopic (exact) mass is 300 g/mol. The summed E-state index contributed by atoms with van der Waals surface area (Å²) in [6, 6.07) is 2.44. The average Bonchev–Trinajstić information content (AvgIpc) is 2.74. The van der Waals surface area contributed by atoms with E-state index in [9.17, 15) is 0 Å². The molecule has 17 heavy (non-hydrogen) atoms. The van der Waals surface area contributed by atoms with E-state index >= 15 is 0 Å². The molecule has 4 heteroatoms. The second-order valence-corrected chi connectivity index (χ2v) is 5.69. The number of nitrogens with one attached hydrogen (secondary N) is 1. The molecule has 0 saturated carbocycles. The fourth-order valence-corrected chi connectivity index (χ4v) is 2.65. The number of hydrogen-bond acceptors (Lipinski definition) is 3. The molecular weight excluding hydrogens is 280 g/mol. The molecule has 1 N–H and O–H groups in total. The van der Waals surface area contributed by atoms with Crippen LogP contribution in [0.15, 0.2) is 21.2 Å². The highest BCUT2D eigenvalue weighted by atomic mass is 79.9. The van der Waals surface area contributed by atoms with Gasteiger partial charge in [-0.25, -0.2) is 0 Å². The van der Waals surface area contributed by atoms with Crippen LogP contribution in [0.1, 0.15) is 31.9 Å². The zero-order chi connectivity index (χ0) is 12.1. The Morgan fingerprint density at radius 2 is 2.18 bits per heavy atom. The predicted octanol–water partition coefficient (Wildman–Crippen LogP) is 3.01. The minimum absolute atomic E-state index is 0.505. The molecule has 3 nitrogen and oxygen atoms in total. The lowest BCUT2D eigenvalue weighted by molar-refractivity contribution is 0.207. The smallest absolute Gasteiger partial charge is 0.131 e. The van der Waals surface area contributed by atoms with Gasteiger partial charge in [0.2, 0.25) is 0 Å². The normalized spacial score (nSPS) is 19.4. The van der Waals surface area contributed by atoms with Gasteiger partial charge in [-0.3, -0.25) is 0 Å². The molecule has 2 heterocycles. The number of nitrogens with zero attached hydrogens (tertiary/aromatic N) is 1. The number of furan rings is 1. The molecule has 1 aliphatic rings. The van der Waals surface area contributed by atoms with E-state index in [1.165, 1.54) is 32.4 Å². The van der Waals surface area contributed by atoms with Crippen LogP contribution in [-0.2, 0) is 6.54 Å². The molecule has 0 radical (unpaired) electrons. The van der Waals surface area contributed by atoms with Crippen molar-refractivity contribution in [2.24, 2.45) is 0 Å². The van der Waals surface area contributed by atoms with Gasteiger partial charge in [0.25, 0.3) is 0 Å². The molecule has 1 aromatic rings. The summed E-state index contributed by atoms with van der Waals surface area (Å²) in [5.74, 6) is 0.982. The molecule has 1 fully saturated rings. The lowest BCUT2D eigenvalue weighted by Gasteiger charge is -2.29. The van der Waals surface area contributed by atoms with Gasteiger partial charge in [0, 0.05) is 12.6 Å². The Bertz CT molecular complexity index is 334. The third kappa shape index (κ3) is 4.12. The van der Waals surface area contributed by atoms with E-state index in [1.807, 2.05) is 6.07 Å². The predicted molar refractivity (Wildman–Crippen MR) is 73.0 cm³/mol. The molecule has 0 bridgehead atoms. The summed E-state index contributed by atoms with van der Waals surface area (Å²) in [5.41, 5.74) is 0. The fourth-order valence-electron chi connectivity index (χ4n) is 2.31. The zero-order valence-corrected chi connectivity index (χ0v) is 12.0. The van der Waals surface area contributed by atoms with Crippen LogP contribution in [0.5, 0.6) is 0 Å². The Kier molecular flexibility index (Phi) is 5.07. The summed E-state index contributed by atoms with van der Waals surface area (Å²) < 4.78 is 6.43. The summed E-state index contributed by atoms with van der Waals surface area (Å²) in [6.07, 6.45) is 5.83. The summed E-state index contributed by atoms with van der Waals surface area (Å²) in [6.45, 7) is 6.69. The van der Waals surface area contributed by atoms with Gasteiger partial charge in [0.05, 0.1) is 17.3 Å². The standard InChI is InChI=1S/C13H21BrN2O/c1-11(10-16-6-3-2-4-7-16)15-9-13-12(14)5-8-17-13/h5,8,11,15H,2-4,6-7,9-10H2,1H3. The van der Waals surface area contributed by atoms with E-state index < -0.39 is 0 Å². The van der Waals surface area contributed by atoms with Crippen molar-refractivity contribution in [1.82, 2.24) is 10.2 Å².